The zero-order chi connectivity index (χ0) is 21.1. The topological polar surface area (TPSA) is 90.0 Å². The SMILES string of the molecule is C[C@H](CO)CN1CCCC(CNc2nc(-c3c[nH]c4ncc(Cl)cc34)ncc2F)C1. The molecule has 4 heterocycles. The molecule has 0 aliphatic carbocycles. The number of piperidine rings is 1. The molecule has 0 radical (unpaired) electrons. The number of aromatic amines is 1. The van der Waals surface area contributed by atoms with E-state index in [9.17, 15) is 9.50 Å². The second-order valence-corrected chi connectivity index (χ2v) is 8.52. The molecule has 1 unspecified atom stereocenters. The number of aliphatic hydroxyl groups excluding tert-OH is 1. The maximum absolute atomic E-state index is 14.4. The first-order valence-electron chi connectivity index (χ1n) is 10.3. The van der Waals surface area contributed by atoms with Crippen molar-refractivity contribution in [3.8, 4) is 11.4 Å². The minimum Gasteiger partial charge on any atom is -0.396 e. The predicted octanol–water partition coefficient (Wildman–Crippen LogP) is 3.56. The van der Waals surface area contributed by atoms with Crippen molar-refractivity contribution in [1.82, 2.24) is 24.8 Å². The molecule has 9 heteroatoms. The van der Waals surface area contributed by atoms with Crippen LogP contribution in [0.1, 0.15) is 19.8 Å². The third-order valence-electron chi connectivity index (χ3n) is 5.53. The van der Waals surface area contributed by atoms with Crippen LogP contribution in [0, 0.1) is 17.7 Å². The van der Waals surface area contributed by atoms with Crippen molar-refractivity contribution in [2.45, 2.75) is 19.8 Å². The van der Waals surface area contributed by atoms with Gasteiger partial charge in [-0.2, -0.15) is 0 Å². The number of aromatic nitrogens is 4. The average Bonchev–Trinajstić information content (AvgIpc) is 3.16. The van der Waals surface area contributed by atoms with Crippen molar-refractivity contribution >= 4 is 28.5 Å². The van der Waals surface area contributed by atoms with E-state index in [-0.39, 0.29) is 18.3 Å². The normalized spacial score (nSPS) is 18.6. The first kappa shape index (κ1) is 21.0. The van der Waals surface area contributed by atoms with Crippen LogP contribution >= 0.6 is 11.6 Å². The van der Waals surface area contributed by atoms with E-state index in [1.807, 2.05) is 6.92 Å². The van der Waals surface area contributed by atoms with Crippen molar-refractivity contribution in [2.75, 3.05) is 38.1 Å². The molecule has 3 aromatic heterocycles. The molecule has 1 saturated heterocycles. The highest BCUT2D eigenvalue weighted by molar-refractivity contribution is 6.31. The number of H-pyrrole nitrogens is 1. The number of likely N-dealkylation sites (tertiary alicyclic amines) is 1. The van der Waals surface area contributed by atoms with Gasteiger partial charge in [-0.3, -0.25) is 0 Å². The Bertz CT molecular complexity index is 1010. The Morgan fingerprint density at radius 1 is 1.40 bits per heavy atom. The average molecular weight is 433 g/mol. The van der Waals surface area contributed by atoms with Crippen molar-refractivity contribution in [2.24, 2.45) is 11.8 Å². The van der Waals surface area contributed by atoms with Gasteiger partial charge in [0.05, 0.1) is 11.2 Å². The molecular formula is C21H26ClFN6O. The largest absolute Gasteiger partial charge is 0.396 e. The quantitative estimate of drug-likeness (QED) is 0.529. The Morgan fingerprint density at radius 2 is 2.27 bits per heavy atom. The fraction of sp³-hybridized carbons (Fsp3) is 0.476. The Kier molecular flexibility index (Phi) is 6.46. The highest BCUT2D eigenvalue weighted by Crippen LogP contribution is 2.28. The van der Waals surface area contributed by atoms with Crippen LogP contribution in [-0.4, -0.2) is 62.7 Å². The summed E-state index contributed by atoms with van der Waals surface area (Å²) in [6, 6.07) is 1.79. The Morgan fingerprint density at radius 3 is 3.10 bits per heavy atom. The monoisotopic (exact) mass is 432 g/mol. The fourth-order valence-electron chi connectivity index (χ4n) is 4.01. The molecule has 1 aliphatic rings. The highest BCUT2D eigenvalue weighted by atomic mass is 35.5. The lowest BCUT2D eigenvalue weighted by atomic mass is 9.97. The second-order valence-electron chi connectivity index (χ2n) is 8.08. The van der Waals surface area contributed by atoms with Crippen LogP contribution in [0.25, 0.3) is 22.4 Å². The number of rotatable bonds is 7. The Balaban J connectivity index is 1.47. The van der Waals surface area contributed by atoms with Gasteiger partial charge >= 0.3 is 0 Å². The summed E-state index contributed by atoms with van der Waals surface area (Å²) in [5, 5.41) is 13.8. The van der Waals surface area contributed by atoms with E-state index in [1.54, 1.807) is 18.5 Å². The van der Waals surface area contributed by atoms with Crippen molar-refractivity contribution in [3.63, 3.8) is 0 Å². The van der Waals surface area contributed by atoms with Gasteiger partial charge in [-0.25, -0.2) is 19.3 Å². The number of anilines is 1. The molecule has 3 aromatic rings. The van der Waals surface area contributed by atoms with Crippen LogP contribution in [0.15, 0.2) is 24.7 Å². The zero-order valence-corrected chi connectivity index (χ0v) is 17.7. The molecule has 30 heavy (non-hydrogen) atoms. The summed E-state index contributed by atoms with van der Waals surface area (Å²) in [4.78, 5) is 18.3. The van der Waals surface area contributed by atoms with Gasteiger partial charge in [0, 0.05) is 49.6 Å². The fourth-order valence-corrected chi connectivity index (χ4v) is 4.16. The maximum atomic E-state index is 14.4. The van der Waals surface area contributed by atoms with Crippen LogP contribution < -0.4 is 5.32 Å². The minimum atomic E-state index is -0.476. The van der Waals surface area contributed by atoms with E-state index in [0.29, 0.717) is 29.0 Å². The molecule has 0 spiro atoms. The molecule has 160 valence electrons. The number of nitrogens with zero attached hydrogens (tertiary/aromatic N) is 4. The lowest BCUT2D eigenvalue weighted by Crippen LogP contribution is -2.40. The van der Waals surface area contributed by atoms with Gasteiger partial charge in [0.1, 0.15) is 5.65 Å². The Labute approximate surface area is 179 Å². The first-order chi connectivity index (χ1) is 14.5. The molecule has 0 amide bonds. The van der Waals surface area contributed by atoms with E-state index in [2.05, 4.69) is 30.2 Å². The number of hydrogen-bond donors (Lipinski definition) is 3. The smallest absolute Gasteiger partial charge is 0.183 e. The van der Waals surface area contributed by atoms with E-state index in [1.165, 1.54) is 6.20 Å². The van der Waals surface area contributed by atoms with Crippen LogP contribution in [0.5, 0.6) is 0 Å². The molecule has 3 N–H and O–H groups in total. The predicted molar refractivity (Wildman–Crippen MR) is 116 cm³/mol. The van der Waals surface area contributed by atoms with Gasteiger partial charge in [-0.15, -0.1) is 0 Å². The molecule has 1 aliphatic heterocycles. The number of nitrogens with one attached hydrogen (secondary N) is 2. The van der Waals surface area contributed by atoms with Gasteiger partial charge in [-0.1, -0.05) is 18.5 Å². The van der Waals surface area contributed by atoms with Crippen LogP contribution in [0.3, 0.4) is 0 Å². The number of aliphatic hydroxyl groups is 1. The summed E-state index contributed by atoms with van der Waals surface area (Å²) in [6.45, 7) is 5.75. The van der Waals surface area contributed by atoms with Crippen molar-refractivity contribution < 1.29 is 9.50 Å². The van der Waals surface area contributed by atoms with Crippen LogP contribution in [0.4, 0.5) is 10.2 Å². The molecule has 0 bridgehead atoms. The lowest BCUT2D eigenvalue weighted by molar-refractivity contribution is 0.131. The van der Waals surface area contributed by atoms with E-state index < -0.39 is 5.82 Å². The van der Waals surface area contributed by atoms with Crippen molar-refractivity contribution in [1.29, 1.82) is 0 Å². The standard InChI is InChI=1S/C21H26ClFN6O/c1-13(12-30)10-29-4-2-3-14(11-29)6-24-21-18(23)9-27-20(28-21)17-8-26-19-16(17)5-15(22)7-25-19/h5,7-9,13-14,30H,2-4,6,10-12H2,1H3,(H,25,26)(H,24,27,28)/t13-,14?/m0/s1. The third-order valence-corrected chi connectivity index (χ3v) is 5.73. The molecular weight excluding hydrogens is 407 g/mol. The van der Waals surface area contributed by atoms with Crippen LogP contribution in [-0.2, 0) is 0 Å². The number of pyridine rings is 1. The molecule has 0 saturated carbocycles. The van der Waals surface area contributed by atoms with E-state index in [4.69, 9.17) is 11.6 Å². The molecule has 0 aromatic carbocycles. The summed E-state index contributed by atoms with van der Waals surface area (Å²) < 4.78 is 14.4. The summed E-state index contributed by atoms with van der Waals surface area (Å²) in [6.07, 6.45) is 6.70. The van der Waals surface area contributed by atoms with Gasteiger partial charge in [0.25, 0.3) is 0 Å². The summed E-state index contributed by atoms with van der Waals surface area (Å²) in [5.74, 6) is 0.800. The number of fused-ring (bicyclic) bond motifs is 1. The molecule has 4 rings (SSSR count). The molecule has 1 fully saturated rings. The van der Waals surface area contributed by atoms with Crippen LogP contribution in [0.2, 0.25) is 5.02 Å². The lowest BCUT2D eigenvalue weighted by Gasteiger charge is -2.34. The maximum Gasteiger partial charge on any atom is 0.183 e. The summed E-state index contributed by atoms with van der Waals surface area (Å²) in [5.41, 5.74) is 1.40. The number of hydrogen-bond acceptors (Lipinski definition) is 6. The van der Waals surface area contributed by atoms with Crippen molar-refractivity contribution in [3.05, 3.63) is 35.5 Å². The first-order valence-corrected chi connectivity index (χ1v) is 10.6. The highest BCUT2D eigenvalue weighted by Gasteiger charge is 2.22. The zero-order valence-electron chi connectivity index (χ0n) is 16.9. The third kappa shape index (κ3) is 4.71. The molecule has 2 atom stereocenters. The van der Waals surface area contributed by atoms with Gasteiger partial charge in [-0.05, 0) is 37.3 Å². The molecule has 7 nitrogen and oxygen atoms in total. The van der Waals surface area contributed by atoms with E-state index in [0.717, 1.165) is 43.4 Å². The second kappa shape index (κ2) is 9.24. The minimum absolute atomic E-state index is 0.197. The van der Waals surface area contributed by atoms with Gasteiger partial charge < -0.3 is 20.3 Å². The Hall–Kier alpha value is -2.29. The number of halogens is 2. The summed E-state index contributed by atoms with van der Waals surface area (Å²) in [7, 11) is 0. The van der Waals surface area contributed by atoms with Gasteiger partial charge in [0.2, 0.25) is 0 Å². The van der Waals surface area contributed by atoms with E-state index >= 15 is 0 Å². The van der Waals surface area contributed by atoms with Gasteiger partial charge in [0.15, 0.2) is 17.5 Å². The summed E-state index contributed by atoms with van der Waals surface area (Å²) >= 11 is 6.07.